The SMILES string of the molecule is C=CCn1c(SCC(=O)Nc2ccc([N+](=O)[O-])cc2)nnc1-c1ccoc1C. The summed E-state index contributed by atoms with van der Waals surface area (Å²) in [7, 11) is 0. The molecule has 0 fully saturated rings. The van der Waals surface area contributed by atoms with Crippen LogP contribution in [0.25, 0.3) is 11.4 Å². The molecule has 1 aromatic carbocycles. The molecular weight excluding hydrogens is 382 g/mol. The van der Waals surface area contributed by atoms with Crippen LogP contribution in [0, 0.1) is 17.0 Å². The number of aromatic nitrogens is 3. The molecule has 0 bridgehead atoms. The first-order valence-corrected chi connectivity index (χ1v) is 9.24. The van der Waals surface area contributed by atoms with Gasteiger partial charge in [-0.2, -0.15) is 0 Å². The summed E-state index contributed by atoms with van der Waals surface area (Å²) < 4.78 is 7.18. The Hall–Kier alpha value is -3.40. The van der Waals surface area contributed by atoms with Crippen molar-refractivity contribution in [3.63, 3.8) is 0 Å². The lowest BCUT2D eigenvalue weighted by molar-refractivity contribution is -0.384. The number of hydrogen-bond donors (Lipinski definition) is 1. The molecule has 0 saturated carbocycles. The molecule has 28 heavy (non-hydrogen) atoms. The Balaban J connectivity index is 1.67. The van der Waals surface area contributed by atoms with Gasteiger partial charge in [-0.05, 0) is 25.1 Å². The molecule has 1 amide bonds. The quantitative estimate of drug-likeness (QED) is 0.266. The van der Waals surface area contributed by atoms with Gasteiger partial charge in [0.1, 0.15) is 5.76 Å². The van der Waals surface area contributed by atoms with E-state index >= 15 is 0 Å². The summed E-state index contributed by atoms with van der Waals surface area (Å²) >= 11 is 1.24. The number of nitrogens with one attached hydrogen (secondary N) is 1. The second kappa shape index (κ2) is 8.53. The molecular formula is C18H17N5O4S. The molecule has 0 unspecified atom stereocenters. The molecule has 2 aromatic heterocycles. The van der Waals surface area contributed by atoms with Crippen molar-refractivity contribution in [2.45, 2.75) is 18.6 Å². The molecule has 0 aliphatic carbocycles. The van der Waals surface area contributed by atoms with E-state index in [0.29, 0.717) is 23.2 Å². The molecule has 3 aromatic rings. The number of amides is 1. The maximum absolute atomic E-state index is 12.2. The molecule has 9 nitrogen and oxygen atoms in total. The molecule has 0 aliphatic rings. The molecule has 10 heteroatoms. The van der Waals surface area contributed by atoms with Crippen LogP contribution in [0.3, 0.4) is 0 Å². The highest BCUT2D eigenvalue weighted by atomic mass is 32.2. The number of nitrogens with zero attached hydrogens (tertiary/aromatic N) is 4. The van der Waals surface area contributed by atoms with E-state index in [4.69, 9.17) is 4.42 Å². The molecule has 1 N–H and O–H groups in total. The number of carbonyl (C=O) groups is 1. The first-order valence-electron chi connectivity index (χ1n) is 8.25. The predicted molar refractivity (Wildman–Crippen MR) is 105 cm³/mol. The van der Waals surface area contributed by atoms with Crippen molar-refractivity contribution in [1.82, 2.24) is 14.8 Å². The van der Waals surface area contributed by atoms with Crippen LogP contribution in [0.4, 0.5) is 11.4 Å². The van der Waals surface area contributed by atoms with Crippen LogP contribution in [-0.2, 0) is 11.3 Å². The molecule has 0 aliphatic heterocycles. The third-order valence-corrected chi connectivity index (χ3v) is 4.79. The zero-order chi connectivity index (χ0) is 20.1. The summed E-state index contributed by atoms with van der Waals surface area (Å²) in [6.07, 6.45) is 3.31. The van der Waals surface area contributed by atoms with Crippen molar-refractivity contribution in [3.05, 3.63) is 65.1 Å². The van der Waals surface area contributed by atoms with Gasteiger partial charge in [-0.1, -0.05) is 17.8 Å². The number of thioether (sulfide) groups is 1. The molecule has 0 atom stereocenters. The molecule has 144 valence electrons. The van der Waals surface area contributed by atoms with Gasteiger partial charge in [0.2, 0.25) is 5.91 Å². The van der Waals surface area contributed by atoms with Crippen LogP contribution in [0.2, 0.25) is 0 Å². The van der Waals surface area contributed by atoms with Gasteiger partial charge < -0.3 is 9.73 Å². The van der Waals surface area contributed by atoms with Crippen molar-refractivity contribution in [2.75, 3.05) is 11.1 Å². The highest BCUT2D eigenvalue weighted by Crippen LogP contribution is 2.27. The smallest absolute Gasteiger partial charge is 0.269 e. The average molecular weight is 399 g/mol. The fourth-order valence-electron chi connectivity index (χ4n) is 2.50. The van der Waals surface area contributed by atoms with Crippen LogP contribution in [-0.4, -0.2) is 31.3 Å². The largest absolute Gasteiger partial charge is 0.469 e. The van der Waals surface area contributed by atoms with Crippen LogP contribution >= 0.6 is 11.8 Å². The van der Waals surface area contributed by atoms with E-state index in [1.54, 1.807) is 12.3 Å². The highest BCUT2D eigenvalue weighted by Gasteiger charge is 2.17. The summed E-state index contributed by atoms with van der Waals surface area (Å²) in [6, 6.07) is 7.46. The fourth-order valence-corrected chi connectivity index (χ4v) is 3.25. The normalized spacial score (nSPS) is 10.6. The minimum Gasteiger partial charge on any atom is -0.469 e. The molecule has 0 radical (unpaired) electrons. The number of rotatable bonds is 8. The van der Waals surface area contributed by atoms with E-state index in [0.717, 1.165) is 11.3 Å². The lowest BCUT2D eigenvalue weighted by Crippen LogP contribution is -2.14. The standard InChI is InChI=1S/C18H17N5O4S/c1-3-9-22-17(15-8-10-27-12(15)2)20-21-18(22)28-11-16(24)19-13-4-6-14(7-5-13)23(25)26/h3-8,10H,1,9,11H2,2H3,(H,19,24). The van der Waals surface area contributed by atoms with Gasteiger partial charge in [0.05, 0.1) is 22.5 Å². The number of hydrogen-bond acceptors (Lipinski definition) is 7. The minimum absolute atomic E-state index is 0.0352. The Kier molecular flexibility index (Phi) is 5.90. The second-order valence-corrected chi connectivity index (χ2v) is 6.68. The van der Waals surface area contributed by atoms with Gasteiger partial charge in [0, 0.05) is 24.4 Å². The molecule has 3 rings (SSSR count). The summed E-state index contributed by atoms with van der Waals surface area (Å²) in [6.45, 7) is 6.08. The first kappa shape index (κ1) is 19.4. The van der Waals surface area contributed by atoms with Crippen molar-refractivity contribution in [3.8, 4) is 11.4 Å². The predicted octanol–water partition coefficient (Wildman–Crippen LogP) is 3.67. The average Bonchev–Trinajstić information content (AvgIpc) is 3.26. The number of non-ortho nitro benzene ring substituents is 1. The zero-order valence-electron chi connectivity index (χ0n) is 15.0. The summed E-state index contributed by atoms with van der Waals surface area (Å²) in [5, 5.41) is 22.3. The van der Waals surface area contributed by atoms with Gasteiger partial charge >= 0.3 is 0 Å². The van der Waals surface area contributed by atoms with Crippen LogP contribution < -0.4 is 5.32 Å². The lowest BCUT2D eigenvalue weighted by atomic mass is 10.2. The number of furan rings is 1. The van der Waals surface area contributed by atoms with E-state index in [9.17, 15) is 14.9 Å². The molecule has 0 spiro atoms. The lowest BCUT2D eigenvalue weighted by Gasteiger charge is -2.08. The number of nitro groups is 1. The Morgan fingerprint density at radius 3 is 2.71 bits per heavy atom. The Labute approximate surface area is 164 Å². The van der Waals surface area contributed by atoms with Crippen molar-refractivity contribution in [1.29, 1.82) is 0 Å². The van der Waals surface area contributed by atoms with Crippen molar-refractivity contribution in [2.24, 2.45) is 0 Å². The van der Waals surface area contributed by atoms with Crippen LogP contribution in [0.5, 0.6) is 0 Å². The van der Waals surface area contributed by atoms with E-state index in [1.807, 2.05) is 17.6 Å². The van der Waals surface area contributed by atoms with Gasteiger partial charge in [-0.3, -0.25) is 19.5 Å². The first-order chi connectivity index (χ1) is 13.5. The summed E-state index contributed by atoms with van der Waals surface area (Å²) in [5.41, 5.74) is 1.28. The van der Waals surface area contributed by atoms with Gasteiger partial charge in [0.25, 0.3) is 5.69 Å². The molecule has 2 heterocycles. The maximum atomic E-state index is 12.2. The van der Waals surface area contributed by atoms with Crippen molar-refractivity contribution >= 4 is 29.0 Å². The van der Waals surface area contributed by atoms with Gasteiger partial charge in [-0.25, -0.2) is 0 Å². The van der Waals surface area contributed by atoms with Crippen LogP contribution in [0.15, 0.2) is 58.8 Å². The van der Waals surface area contributed by atoms with Crippen molar-refractivity contribution < 1.29 is 14.1 Å². The number of allylic oxidation sites excluding steroid dienone is 1. The number of carbonyl (C=O) groups excluding carboxylic acids is 1. The Morgan fingerprint density at radius 2 is 2.11 bits per heavy atom. The number of aryl methyl sites for hydroxylation is 1. The van der Waals surface area contributed by atoms with E-state index in [-0.39, 0.29) is 17.3 Å². The minimum atomic E-state index is -0.493. The summed E-state index contributed by atoms with van der Waals surface area (Å²) in [5.74, 6) is 1.22. The van der Waals surface area contributed by atoms with E-state index in [1.165, 1.54) is 36.0 Å². The fraction of sp³-hybridized carbons (Fsp3) is 0.167. The van der Waals surface area contributed by atoms with Gasteiger partial charge in [0.15, 0.2) is 11.0 Å². The third-order valence-electron chi connectivity index (χ3n) is 3.82. The highest BCUT2D eigenvalue weighted by molar-refractivity contribution is 7.99. The van der Waals surface area contributed by atoms with E-state index < -0.39 is 4.92 Å². The maximum Gasteiger partial charge on any atom is 0.269 e. The number of anilines is 1. The zero-order valence-corrected chi connectivity index (χ0v) is 15.8. The van der Waals surface area contributed by atoms with Crippen LogP contribution in [0.1, 0.15) is 5.76 Å². The Morgan fingerprint density at radius 1 is 1.36 bits per heavy atom. The Bertz CT molecular complexity index is 1010. The van der Waals surface area contributed by atoms with Gasteiger partial charge in [-0.15, -0.1) is 16.8 Å². The number of benzene rings is 1. The topological polar surface area (TPSA) is 116 Å². The van der Waals surface area contributed by atoms with E-state index in [2.05, 4.69) is 22.1 Å². The third kappa shape index (κ3) is 4.29. The number of nitro benzene ring substituents is 1. The second-order valence-electron chi connectivity index (χ2n) is 5.74. The summed E-state index contributed by atoms with van der Waals surface area (Å²) in [4.78, 5) is 22.4. The molecule has 0 saturated heterocycles. The monoisotopic (exact) mass is 399 g/mol.